The van der Waals surface area contributed by atoms with Crippen LogP contribution in [0.15, 0.2) is 16.3 Å². The fourth-order valence-electron chi connectivity index (χ4n) is 4.59. The van der Waals surface area contributed by atoms with Gasteiger partial charge in [0.15, 0.2) is 0 Å². The van der Waals surface area contributed by atoms with Crippen molar-refractivity contribution in [3.8, 4) is 0 Å². The smallest absolute Gasteiger partial charge is 0.265 e. The lowest BCUT2D eigenvalue weighted by molar-refractivity contribution is -0.133. The van der Waals surface area contributed by atoms with Crippen LogP contribution in [0.3, 0.4) is 0 Å². The number of nitrogens with zero attached hydrogens (tertiary/aromatic N) is 4. The van der Waals surface area contributed by atoms with E-state index in [-0.39, 0.29) is 16.7 Å². The Kier molecular flexibility index (Phi) is 7.30. The molecule has 3 aliphatic heterocycles. The fraction of sp³-hybridized carbons (Fsp3) is 0.714. The van der Waals surface area contributed by atoms with Crippen molar-refractivity contribution in [1.29, 1.82) is 0 Å². The summed E-state index contributed by atoms with van der Waals surface area (Å²) in [4.78, 5) is 31.9. The predicted octanol–water partition coefficient (Wildman–Crippen LogP) is 1.69. The molecule has 0 aromatic carbocycles. The van der Waals surface area contributed by atoms with Gasteiger partial charge in [-0.2, -0.15) is 4.31 Å². The van der Waals surface area contributed by atoms with E-state index in [1.54, 1.807) is 16.3 Å². The summed E-state index contributed by atoms with van der Waals surface area (Å²) >= 11 is 1.20. The molecule has 0 bridgehead atoms. The number of piperazine rings is 1. The number of piperidine rings is 2. The monoisotopic (exact) mass is 468 g/mol. The van der Waals surface area contributed by atoms with Gasteiger partial charge in [0.2, 0.25) is 15.9 Å². The largest absolute Gasteiger partial charge is 0.342 e. The van der Waals surface area contributed by atoms with Crippen molar-refractivity contribution in [2.24, 2.45) is 0 Å². The van der Waals surface area contributed by atoms with Gasteiger partial charge in [-0.15, -0.1) is 11.3 Å². The molecule has 0 aliphatic carbocycles. The van der Waals surface area contributed by atoms with E-state index >= 15 is 0 Å². The summed E-state index contributed by atoms with van der Waals surface area (Å²) in [5.41, 5.74) is 0. The Morgan fingerprint density at radius 2 is 1.42 bits per heavy atom. The number of thiophene rings is 1. The van der Waals surface area contributed by atoms with Gasteiger partial charge >= 0.3 is 0 Å². The summed E-state index contributed by atoms with van der Waals surface area (Å²) in [5, 5.41) is 1.69. The summed E-state index contributed by atoms with van der Waals surface area (Å²) in [5.74, 6) is -0.0414. The molecule has 3 fully saturated rings. The fourth-order valence-corrected chi connectivity index (χ4v) is 7.47. The van der Waals surface area contributed by atoms with Gasteiger partial charge in [0.05, 0.1) is 6.54 Å². The third kappa shape index (κ3) is 5.13. The summed E-state index contributed by atoms with van der Waals surface area (Å²) in [7, 11) is -3.64. The van der Waals surface area contributed by atoms with Crippen LogP contribution >= 0.6 is 11.3 Å². The number of hydrogen-bond donors (Lipinski definition) is 0. The molecule has 8 nitrogen and oxygen atoms in total. The summed E-state index contributed by atoms with van der Waals surface area (Å²) in [6, 6.07) is 1.56. The lowest BCUT2D eigenvalue weighted by Crippen LogP contribution is -2.52. The zero-order valence-corrected chi connectivity index (χ0v) is 19.6. The maximum atomic E-state index is 13.1. The minimum atomic E-state index is -3.64. The SMILES string of the molecule is O=C(CN1CCN(C(=O)c2sccc2S(=O)(=O)N2CCCCC2)CC1)N1CCCCC1. The Balaban J connectivity index is 1.35. The van der Waals surface area contributed by atoms with Crippen LogP contribution in [-0.2, 0) is 14.8 Å². The molecule has 3 aliphatic rings. The van der Waals surface area contributed by atoms with Crippen molar-refractivity contribution in [1.82, 2.24) is 19.0 Å². The zero-order chi connectivity index (χ0) is 21.8. The van der Waals surface area contributed by atoms with E-state index in [1.165, 1.54) is 22.1 Å². The van der Waals surface area contributed by atoms with Crippen LogP contribution in [0.2, 0.25) is 0 Å². The average molecular weight is 469 g/mol. The second-order valence-corrected chi connectivity index (χ2v) is 11.4. The molecule has 0 atom stereocenters. The third-order valence-corrected chi connectivity index (χ3v) is 9.46. The van der Waals surface area contributed by atoms with Crippen molar-refractivity contribution in [2.75, 3.05) is 58.9 Å². The van der Waals surface area contributed by atoms with E-state index in [0.29, 0.717) is 50.7 Å². The number of amides is 2. The second-order valence-electron chi connectivity index (χ2n) is 8.59. The number of likely N-dealkylation sites (tertiary alicyclic amines) is 1. The Labute approximate surface area is 188 Å². The minimum absolute atomic E-state index is 0.145. The average Bonchev–Trinajstić information content (AvgIpc) is 3.31. The molecule has 0 radical (unpaired) electrons. The van der Waals surface area contributed by atoms with Crippen LogP contribution < -0.4 is 0 Å². The van der Waals surface area contributed by atoms with Crippen molar-refractivity contribution >= 4 is 33.2 Å². The number of carbonyl (C=O) groups is 2. The van der Waals surface area contributed by atoms with E-state index in [9.17, 15) is 18.0 Å². The first-order valence-corrected chi connectivity index (χ1v) is 13.7. The number of rotatable bonds is 5. The topological polar surface area (TPSA) is 81.2 Å². The van der Waals surface area contributed by atoms with Crippen molar-refractivity contribution < 1.29 is 18.0 Å². The van der Waals surface area contributed by atoms with Gasteiger partial charge in [-0.05, 0) is 43.6 Å². The molecule has 31 heavy (non-hydrogen) atoms. The molecule has 10 heteroatoms. The van der Waals surface area contributed by atoms with Gasteiger partial charge in [-0.3, -0.25) is 14.5 Å². The van der Waals surface area contributed by atoms with Crippen molar-refractivity contribution in [2.45, 2.75) is 43.4 Å². The molecule has 2 amide bonds. The number of hydrogen-bond acceptors (Lipinski definition) is 6. The van der Waals surface area contributed by atoms with Crippen molar-refractivity contribution in [3.63, 3.8) is 0 Å². The molecule has 4 heterocycles. The lowest BCUT2D eigenvalue weighted by Gasteiger charge is -2.36. The van der Waals surface area contributed by atoms with Crippen LogP contribution in [0.4, 0.5) is 0 Å². The summed E-state index contributed by atoms with van der Waals surface area (Å²) in [6.07, 6.45) is 6.14. The molecule has 3 saturated heterocycles. The molecule has 0 N–H and O–H groups in total. The first kappa shape index (κ1) is 22.7. The number of carbonyl (C=O) groups excluding carboxylic acids is 2. The van der Waals surface area contributed by atoms with Crippen LogP contribution in [0, 0.1) is 0 Å². The van der Waals surface area contributed by atoms with E-state index in [1.807, 2.05) is 4.90 Å². The van der Waals surface area contributed by atoms with Gasteiger partial charge in [0, 0.05) is 52.4 Å². The van der Waals surface area contributed by atoms with E-state index in [0.717, 1.165) is 45.2 Å². The van der Waals surface area contributed by atoms with E-state index in [2.05, 4.69) is 4.90 Å². The van der Waals surface area contributed by atoms with Gasteiger partial charge in [-0.1, -0.05) is 6.42 Å². The van der Waals surface area contributed by atoms with E-state index < -0.39 is 10.0 Å². The molecular weight excluding hydrogens is 436 g/mol. The van der Waals surface area contributed by atoms with Gasteiger partial charge in [-0.25, -0.2) is 8.42 Å². The highest BCUT2D eigenvalue weighted by atomic mass is 32.2. The zero-order valence-electron chi connectivity index (χ0n) is 18.0. The molecule has 0 unspecified atom stereocenters. The maximum absolute atomic E-state index is 13.1. The highest BCUT2D eigenvalue weighted by molar-refractivity contribution is 7.89. The van der Waals surface area contributed by atoms with Crippen molar-refractivity contribution in [3.05, 3.63) is 16.3 Å². The van der Waals surface area contributed by atoms with Crippen LogP contribution in [0.1, 0.15) is 48.2 Å². The standard InChI is InChI=1S/C21H32N4O4S2/c26-19(23-8-3-1-4-9-23)17-22-12-14-24(15-13-22)21(27)20-18(7-16-30-20)31(28,29)25-10-5-2-6-11-25/h7,16H,1-6,8-15,17H2. The molecule has 4 rings (SSSR count). The Morgan fingerprint density at radius 3 is 2.06 bits per heavy atom. The Bertz CT molecular complexity index is 881. The predicted molar refractivity (Wildman–Crippen MR) is 120 cm³/mol. The number of sulfonamides is 1. The first-order valence-electron chi connectivity index (χ1n) is 11.3. The summed E-state index contributed by atoms with van der Waals surface area (Å²) in [6.45, 7) is 5.42. The first-order chi connectivity index (χ1) is 15.0. The van der Waals surface area contributed by atoms with Crippen LogP contribution in [-0.4, -0.2) is 98.1 Å². The molecule has 1 aromatic heterocycles. The molecule has 0 saturated carbocycles. The lowest BCUT2D eigenvalue weighted by atomic mass is 10.1. The molecular formula is C21H32N4O4S2. The quantitative estimate of drug-likeness (QED) is 0.657. The van der Waals surface area contributed by atoms with E-state index in [4.69, 9.17) is 0 Å². The molecule has 172 valence electrons. The highest BCUT2D eigenvalue weighted by Gasteiger charge is 2.33. The molecule has 1 aromatic rings. The maximum Gasteiger partial charge on any atom is 0.265 e. The van der Waals surface area contributed by atoms with Gasteiger partial charge in [0.25, 0.3) is 5.91 Å². The Morgan fingerprint density at radius 1 is 0.806 bits per heavy atom. The van der Waals surface area contributed by atoms with Crippen LogP contribution in [0.5, 0.6) is 0 Å². The van der Waals surface area contributed by atoms with Crippen LogP contribution in [0.25, 0.3) is 0 Å². The second kappa shape index (κ2) is 9.97. The normalized spacial score (nSPS) is 21.9. The minimum Gasteiger partial charge on any atom is -0.342 e. The van der Waals surface area contributed by atoms with Gasteiger partial charge in [0.1, 0.15) is 9.77 Å². The third-order valence-electron chi connectivity index (χ3n) is 6.48. The highest BCUT2D eigenvalue weighted by Crippen LogP contribution is 2.28. The summed E-state index contributed by atoms with van der Waals surface area (Å²) < 4.78 is 27.7. The molecule has 0 spiro atoms. The Hall–Kier alpha value is -1.49. The van der Waals surface area contributed by atoms with Gasteiger partial charge < -0.3 is 9.80 Å².